The maximum atomic E-state index is 10.9. The van der Waals surface area contributed by atoms with Gasteiger partial charge in [-0.15, -0.1) is 16.4 Å². The minimum Gasteiger partial charge on any atom is -0.437 e. The van der Waals surface area contributed by atoms with E-state index in [9.17, 15) is 15.4 Å². The Kier molecular flexibility index (Phi) is 7.00. The number of benzene rings is 3. The molecule has 0 aliphatic carbocycles. The molecule has 1 N–H and O–H groups in total. The Balaban J connectivity index is 1.19. The van der Waals surface area contributed by atoms with E-state index in [-0.39, 0.29) is 5.69 Å². The number of nitrogens with one attached hydrogen (secondary N) is 1. The average molecular weight is 575 g/mol. The summed E-state index contributed by atoms with van der Waals surface area (Å²) in [7, 11) is 0. The minimum atomic E-state index is -0.422. The highest BCUT2D eigenvalue weighted by atomic mass is 32.1. The zero-order valence-electron chi connectivity index (χ0n) is 22.5. The summed E-state index contributed by atoms with van der Waals surface area (Å²) < 4.78 is 8.81. The molecule has 0 unspecified atom stereocenters. The predicted octanol–water partition coefficient (Wildman–Crippen LogP) is 6.93. The van der Waals surface area contributed by atoms with Gasteiger partial charge >= 0.3 is 0 Å². The lowest BCUT2D eigenvalue weighted by atomic mass is 10.1. The highest BCUT2D eigenvalue weighted by molar-refractivity contribution is 7.17. The van der Waals surface area contributed by atoms with E-state index in [2.05, 4.69) is 31.7 Å². The number of hydrogen-bond acceptors (Lipinski definition) is 10. The van der Waals surface area contributed by atoms with Gasteiger partial charge in [-0.3, -0.25) is 10.1 Å². The first-order chi connectivity index (χ1) is 20.4. The molecule has 0 aliphatic rings. The molecule has 42 heavy (non-hydrogen) atoms. The lowest BCUT2D eigenvalue weighted by molar-refractivity contribution is -0.384. The largest absolute Gasteiger partial charge is 0.437 e. The molecule has 11 nitrogen and oxygen atoms in total. The molecule has 3 heterocycles. The van der Waals surface area contributed by atoms with Gasteiger partial charge in [0.25, 0.3) is 5.69 Å². The number of ether oxygens (including phenoxy) is 1. The topological polar surface area (TPSA) is 145 Å². The zero-order valence-corrected chi connectivity index (χ0v) is 23.3. The van der Waals surface area contributed by atoms with Gasteiger partial charge in [-0.25, -0.2) is 9.67 Å². The van der Waals surface area contributed by atoms with E-state index in [0.717, 1.165) is 38.2 Å². The number of nitrogens with zero attached hydrogens (tertiary/aromatic N) is 7. The number of aromatic nitrogens is 5. The molecule has 0 bridgehead atoms. The van der Waals surface area contributed by atoms with Gasteiger partial charge < -0.3 is 10.1 Å². The van der Waals surface area contributed by atoms with Gasteiger partial charge in [0.05, 0.1) is 34.8 Å². The molecule has 0 atom stereocenters. The Morgan fingerprint density at radius 2 is 1.79 bits per heavy atom. The standard InChI is InChI=1S/C30H22N8O3S/c1-18-13-21(15-31)14-19(2)27(18)41-29-28-25(11-12-42-28)33-30(34-29)32-23-7-5-22(6-8-23)26-17-37(36-35-26)16-20-3-9-24(10-4-20)38(39)40/h3-14,17H,16H2,1-2H3,(H,32,33,34). The van der Waals surface area contributed by atoms with Crippen LogP contribution in [-0.2, 0) is 6.54 Å². The van der Waals surface area contributed by atoms with Crippen molar-refractivity contribution in [2.24, 2.45) is 0 Å². The van der Waals surface area contributed by atoms with Gasteiger partial charge in [0.2, 0.25) is 11.8 Å². The van der Waals surface area contributed by atoms with E-state index in [1.54, 1.807) is 28.9 Å². The molecule has 6 aromatic rings. The van der Waals surface area contributed by atoms with Gasteiger partial charge in [0, 0.05) is 23.4 Å². The molecular weight excluding hydrogens is 552 g/mol. The Morgan fingerprint density at radius 3 is 2.48 bits per heavy atom. The molecule has 3 aromatic heterocycles. The van der Waals surface area contributed by atoms with Crippen LogP contribution in [0.4, 0.5) is 17.3 Å². The van der Waals surface area contributed by atoms with Crippen LogP contribution in [0.2, 0.25) is 0 Å². The van der Waals surface area contributed by atoms with Crippen molar-refractivity contribution in [3.05, 3.63) is 111 Å². The number of anilines is 2. The Labute approximate surface area is 243 Å². The van der Waals surface area contributed by atoms with Crippen LogP contribution in [-0.4, -0.2) is 29.9 Å². The summed E-state index contributed by atoms with van der Waals surface area (Å²) in [5, 5.41) is 33.8. The monoisotopic (exact) mass is 574 g/mol. The molecule has 0 saturated heterocycles. The number of rotatable bonds is 8. The molecule has 6 rings (SSSR count). The molecule has 0 fully saturated rings. The van der Waals surface area contributed by atoms with Crippen molar-refractivity contribution >= 4 is 38.9 Å². The first-order valence-corrected chi connectivity index (χ1v) is 13.7. The lowest BCUT2D eigenvalue weighted by Gasteiger charge is -2.13. The molecule has 206 valence electrons. The van der Waals surface area contributed by atoms with Crippen LogP contribution in [0.15, 0.2) is 78.3 Å². The number of nitro benzene ring substituents is 1. The number of nitro groups is 1. The van der Waals surface area contributed by atoms with E-state index in [1.165, 1.54) is 23.5 Å². The van der Waals surface area contributed by atoms with Gasteiger partial charge in [-0.2, -0.15) is 10.2 Å². The maximum Gasteiger partial charge on any atom is 0.269 e. The fraction of sp³-hybridized carbons (Fsp3) is 0.100. The van der Waals surface area contributed by atoms with Crippen molar-refractivity contribution in [1.82, 2.24) is 25.0 Å². The van der Waals surface area contributed by atoms with Crippen molar-refractivity contribution in [3.63, 3.8) is 0 Å². The third-order valence-corrected chi connectivity index (χ3v) is 7.42. The normalized spacial score (nSPS) is 10.9. The summed E-state index contributed by atoms with van der Waals surface area (Å²) in [5.41, 5.74) is 6.33. The van der Waals surface area contributed by atoms with Crippen molar-refractivity contribution in [2.75, 3.05) is 5.32 Å². The molecule has 0 amide bonds. The van der Waals surface area contributed by atoms with Gasteiger partial charge in [0.15, 0.2) is 0 Å². The highest BCUT2D eigenvalue weighted by Gasteiger charge is 2.15. The van der Waals surface area contributed by atoms with Crippen LogP contribution in [0.1, 0.15) is 22.3 Å². The smallest absolute Gasteiger partial charge is 0.269 e. The van der Waals surface area contributed by atoms with Crippen LogP contribution in [0, 0.1) is 35.3 Å². The molecule has 0 saturated carbocycles. The Bertz CT molecular complexity index is 1950. The van der Waals surface area contributed by atoms with Gasteiger partial charge in [-0.1, -0.05) is 29.5 Å². The van der Waals surface area contributed by atoms with Crippen LogP contribution in [0.5, 0.6) is 11.6 Å². The molecule has 0 radical (unpaired) electrons. The van der Waals surface area contributed by atoms with Gasteiger partial charge in [0.1, 0.15) is 16.1 Å². The number of fused-ring (bicyclic) bond motifs is 1. The van der Waals surface area contributed by atoms with Crippen LogP contribution >= 0.6 is 11.3 Å². The van der Waals surface area contributed by atoms with Crippen LogP contribution in [0.3, 0.4) is 0 Å². The summed E-state index contributed by atoms with van der Waals surface area (Å²) in [6.07, 6.45) is 1.83. The quantitative estimate of drug-likeness (QED) is 0.151. The first kappa shape index (κ1) is 26.5. The third-order valence-electron chi connectivity index (χ3n) is 6.53. The van der Waals surface area contributed by atoms with E-state index >= 15 is 0 Å². The highest BCUT2D eigenvalue weighted by Crippen LogP contribution is 2.36. The maximum absolute atomic E-state index is 10.9. The fourth-order valence-electron chi connectivity index (χ4n) is 4.51. The second-order valence-electron chi connectivity index (χ2n) is 9.57. The van der Waals surface area contributed by atoms with Gasteiger partial charge in [-0.05, 0) is 66.2 Å². The van der Waals surface area contributed by atoms with Crippen molar-refractivity contribution in [1.29, 1.82) is 5.26 Å². The zero-order chi connectivity index (χ0) is 29.2. The number of aryl methyl sites for hydroxylation is 2. The van der Waals surface area contributed by atoms with Crippen LogP contribution < -0.4 is 10.1 Å². The van der Waals surface area contributed by atoms with Crippen molar-refractivity contribution in [3.8, 4) is 29.0 Å². The number of hydrogen-bond donors (Lipinski definition) is 1. The second-order valence-corrected chi connectivity index (χ2v) is 10.5. The molecule has 3 aromatic carbocycles. The summed E-state index contributed by atoms with van der Waals surface area (Å²) in [6.45, 7) is 4.26. The molecular formula is C30H22N8O3S. The summed E-state index contributed by atoms with van der Waals surface area (Å²) >= 11 is 1.50. The minimum absolute atomic E-state index is 0.0487. The van der Waals surface area contributed by atoms with Crippen molar-refractivity contribution in [2.45, 2.75) is 20.4 Å². The SMILES string of the molecule is Cc1cc(C#N)cc(C)c1Oc1nc(Nc2ccc(-c3cn(Cc4ccc([N+](=O)[O-])cc4)nn3)cc2)nc2ccsc12. The van der Waals surface area contributed by atoms with E-state index in [4.69, 9.17) is 4.74 Å². The third kappa shape index (κ3) is 5.49. The fourth-order valence-corrected chi connectivity index (χ4v) is 5.26. The van der Waals surface area contributed by atoms with E-state index < -0.39 is 4.92 Å². The molecule has 0 aliphatic heterocycles. The summed E-state index contributed by atoms with van der Waals surface area (Å²) in [6, 6.07) is 21.7. The Hall–Kier alpha value is -5.67. The van der Waals surface area contributed by atoms with Crippen LogP contribution in [0.25, 0.3) is 21.5 Å². The first-order valence-electron chi connectivity index (χ1n) is 12.8. The molecule has 0 spiro atoms. The Morgan fingerprint density at radius 1 is 1.05 bits per heavy atom. The molecule has 12 heteroatoms. The average Bonchev–Trinajstić information content (AvgIpc) is 3.65. The summed E-state index contributed by atoms with van der Waals surface area (Å²) in [5.74, 6) is 1.50. The summed E-state index contributed by atoms with van der Waals surface area (Å²) in [4.78, 5) is 19.8. The number of non-ortho nitro benzene ring substituents is 1. The number of nitriles is 1. The van der Waals surface area contributed by atoms with Crippen molar-refractivity contribution < 1.29 is 9.66 Å². The lowest BCUT2D eigenvalue weighted by Crippen LogP contribution is -2.00. The van der Waals surface area contributed by atoms with E-state index in [0.29, 0.717) is 35.4 Å². The number of thiophene rings is 1. The second kappa shape index (κ2) is 11.1. The van der Waals surface area contributed by atoms with E-state index in [1.807, 2.05) is 55.8 Å². The predicted molar refractivity (Wildman–Crippen MR) is 159 cm³/mol.